The number of carbonyl (C=O) groups is 1. The van der Waals surface area contributed by atoms with E-state index in [0.29, 0.717) is 6.07 Å². The molecule has 0 aliphatic rings. The SMILES string of the molecule is Cc1ccc(S(=O)(=O)CC(=O)c2cccc(C(F)(F)F)c2)cc1. The van der Waals surface area contributed by atoms with Gasteiger partial charge in [-0.3, -0.25) is 4.79 Å². The van der Waals surface area contributed by atoms with Crippen molar-refractivity contribution in [3.63, 3.8) is 0 Å². The van der Waals surface area contributed by atoms with Crippen LogP contribution in [-0.2, 0) is 16.0 Å². The lowest BCUT2D eigenvalue weighted by Crippen LogP contribution is -2.17. The first-order valence-corrected chi connectivity index (χ1v) is 8.25. The normalized spacial score (nSPS) is 12.2. The summed E-state index contributed by atoms with van der Waals surface area (Å²) in [7, 11) is -3.90. The standard InChI is InChI=1S/C16H13F3O3S/c1-11-5-7-14(8-6-11)23(21,22)10-15(20)12-3-2-4-13(9-12)16(17,18)19/h2-9H,10H2,1H3. The van der Waals surface area contributed by atoms with Gasteiger partial charge in [0.05, 0.1) is 10.5 Å². The van der Waals surface area contributed by atoms with Crippen molar-refractivity contribution in [2.75, 3.05) is 5.75 Å². The summed E-state index contributed by atoms with van der Waals surface area (Å²) < 4.78 is 62.3. The van der Waals surface area contributed by atoms with E-state index >= 15 is 0 Å². The summed E-state index contributed by atoms with van der Waals surface area (Å²) in [6.07, 6.45) is -4.59. The van der Waals surface area contributed by atoms with Crippen molar-refractivity contribution in [2.24, 2.45) is 0 Å². The van der Waals surface area contributed by atoms with E-state index < -0.39 is 33.1 Å². The molecule has 0 N–H and O–H groups in total. The number of alkyl halides is 3. The van der Waals surface area contributed by atoms with Crippen LogP contribution in [0.3, 0.4) is 0 Å². The maximum atomic E-state index is 12.6. The summed E-state index contributed by atoms with van der Waals surface area (Å²) in [6.45, 7) is 1.78. The van der Waals surface area contributed by atoms with Gasteiger partial charge in [-0.15, -0.1) is 0 Å². The van der Waals surface area contributed by atoms with Crippen LogP contribution in [0.15, 0.2) is 53.4 Å². The molecule has 0 saturated carbocycles. The van der Waals surface area contributed by atoms with Crippen molar-refractivity contribution < 1.29 is 26.4 Å². The molecule has 2 aromatic carbocycles. The molecule has 0 amide bonds. The highest BCUT2D eigenvalue weighted by Crippen LogP contribution is 2.29. The molecule has 2 rings (SSSR count). The van der Waals surface area contributed by atoms with Crippen LogP contribution in [0.1, 0.15) is 21.5 Å². The number of hydrogen-bond donors (Lipinski definition) is 0. The molecule has 0 saturated heterocycles. The zero-order valence-corrected chi connectivity index (χ0v) is 12.9. The van der Waals surface area contributed by atoms with Gasteiger partial charge in [0.25, 0.3) is 0 Å². The van der Waals surface area contributed by atoms with Gasteiger partial charge in [-0.05, 0) is 31.2 Å². The summed E-state index contributed by atoms with van der Waals surface area (Å²) in [5.41, 5.74) is -0.417. The maximum absolute atomic E-state index is 12.6. The molecule has 23 heavy (non-hydrogen) atoms. The highest BCUT2D eigenvalue weighted by Gasteiger charge is 2.31. The van der Waals surface area contributed by atoms with E-state index in [2.05, 4.69) is 0 Å². The zero-order valence-electron chi connectivity index (χ0n) is 12.1. The number of ketones is 1. The third-order valence-corrected chi connectivity index (χ3v) is 4.85. The lowest BCUT2D eigenvalue weighted by atomic mass is 10.1. The molecule has 122 valence electrons. The molecule has 0 aliphatic carbocycles. The summed E-state index contributed by atoms with van der Waals surface area (Å²) in [6, 6.07) is 9.63. The Kier molecular flexibility index (Phi) is 4.61. The largest absolute Gasteiger partial charge is 0.416 e. The number of benzene rings is 2. The smallest absolute Gasteiger partial charge is 0.293 e. The third kappa shape index (κ3) is 4.19. The fourth-order valence-electron chi connectivity index (χ4n) is 1.95. The van der Waals surface area contributed by atoms with Crippen molar-refractivity contribution >= 4 is 15.6 Å². The van der Waals surface area contributed by atoms with Crippen LogP contribution < -0.4 is 0 Å². The van der Waals surface area contributed by atoms with E-state index in [1.54, 1.807) is 19.1 Å². The van der Waals surface area contributed by atoms with Gasteiger partial charge in [-0.2, -0.15) is 13.2 Å². The van der Waals surface area contributed by atoms with Gasteiger partial charge in [0, 0.05) is 5.56 Å². The Labute approximate surface area is 131 Å². The Morgan fingerprint density at radius 3 is 2.22 bits per heavy atom. The molecule has 0 aliphatic heterocycles. The average molecular weight is 342 g/mol. The van der Waals surface area contributed by atoms with Gasteiger partial charge >= 0.3 is 6.18 Å². The molecule has 0 spiro atoms. The molecule has 0 heterocycles. The summed E-state index contributed by atoms with van der Waals surface area (Å²) in [5, 5.41) is 0. The fourth-order valence-corrected chi connectivity index (χ4v) is 3.18. The van der Waals surface area contributed by atoms with Gasteiger partial charge in [0.15, 0.2) is 15.6 Å². The highest BCUT2D eigenvalue weighted by molar-refractivity contribution is 7.92. The Bertz CT molecular complexity index is 822. The predicted molar refractivity (Wildman–Crippen MR) is 79.0 cm³/mol. The molecule has 0 bridgehead atoms. The molecule has 0 radical (unpaired) electrons. The van der Waals surface area contributed by atoms with E-state index in [4.69, 9.17) is 0 Å². The van der Waals surface area contributed by atoms with E-state index in [1.165, 1.54) is 18.2 Å². The molecule has 0 aromatic heterocycles. The Hall–Kier alpha value is -2.15. The molecular formula is C16H13F3O3S. The number of rotatable bonds is 4. The van der Waals surface area contributed by atoms with E-state index in [9.17, 15) is 26.4 Å². The van der Waals surface area contributed by atoms with Crippen molar-refractivity contribution in [3.8, 4) is 0 Å². The summed E-state index contributed by atoms with van der Waals surface area (Å²) in [5.74, 6) is -1.76. The zero-order chi connectivity index (χ0) is 17.3. The van der Waals surface area contributed by atoms with Gasteiger partial charge in [0.1, 0.15) is 5.75 Å². The Balaban J connectivity index is 2.27. The number of aryl methyl sites for hydroxylation is 1. The molecule has 7 heteroatoms. The van der Waals surface area contributed by atoms with Gasteiger partial charge < -0.3 is 0 Å². The van der Waals surface area contributed by atoms with Crippen LogP contribution in [0.4, 0.5) is 13.2 Å². The molecule has 3 nitrogen and oxygen atoms in total. The molecule has 2 aromatic rings. The monoisotopic (exact) mass is 342 g/mol. The minimum absolute atomic E-state index is 0.0385. The lowest BCUT2D eigenvalue weighted by molar-refractivity contribution is -0.137. The fraction of sp³-hybridized carbons (Fsp3) is 0.188. The van der Waals surface area contributed by atoms with Crippen LogP contribution in [0.2, 0.25) is 0 Å². The second-order valence-electron chi connectivity index (χ2n) is 5.07. The van der Waals surface area contributed by atoms with Gasteiger partial charge in [-0.1, -0.05) is 29.8 Å². The maximum Gasteiger partial charge on any atom is 0.416 e. The third-order valence-electron chi connectivity index (χ3n) is 3.21. The molecule has 0 unspecified atom stereocenters. The van der Waals surface area contributed by atoms with Gasteiger partial charge in [0.2, 0.25) is 0 Å². The number of sulfone groups is 1. The van der Waals surface area contributed by atoms with Crippen molar-refractivity contribution in [1.29, 1.82) is 0 Å². The van der Waals surface area contributed by atoms with Crippen LogP contribution >= 0.6 is 0 Å². The number of Topliss-reactive ketones (excluding diaryl/α,β-unsaturated/α-hetero) is 1. The van der Waals surface area contributed by atoms with Crippen molar-refractivity contribution in [2.45, 2.75) is 18.0 Å². The van der Waals surface area contributed by atoms with Gasteiger partial charge in [-0.25, -0.2) is 8.42 Å². The summed E-state index contributed by atoms with van der Waals surface area (Å²) >= 11 is 0. The van der Waals surface area contributed by atoms with Crippen LogP contribution in [0.5, 0.6) is 0 Å². The van der Waals surface area contributed by atoms with E-state index in [-0.39, 0.29) is 10.5 Å². The minimum Gasteiger partial charge on any atom is -0.293 e. The van der Waals surface area contributed by atoms with E-state index in [0.717, 1.165) is 17.7 Å². The van der Waals surface area contributed by atoms with Crippen molar-refractivity contribution in [3.05, 3.63) is 65.2 Å². The highest BCUT2D eigenvalue weighted by atomic mass is 32.2. The van der Waals surface area contributed by atoms with Crippen LogP contribution in [0, 0.1) is 6.92 Å². The summed E-state index contributed by atoms with van der Waals surface area (Å²) in [4.78, 5) is 12.0. The average Bonchev–Trinajstić information content (AvgIpc) is 2.46. The second-order valence-corrected chi connectivity index (χ2v) is 7.06. The first kappa shape index (κ1) is 17.2. The predicted octanol–water partition coefficient (Wildman–Crippen LogP) is 3.67. The number of hydrogen-bond acceptors (Lipinski definition) is 3. The first-order valence-electron chi connectivity index (χ1n) is 6.59. The number of halogens is 3. The van der Waals surface area contributed by atoms with Crippen LogP contribution in [0.25, 0.3) is 0 Å². The minimum atomic E-state index is -4.59. The van der Waals surface area contributed by atoms with E-state index in [1.807, 2.05) is 0 Å². The number of carbonyl (C=O) groups excluding carboxylic acids is 1. The molecular weight excluding hydrogens is 329 g/mol. The Morgan fingerprint density at radius 1 is 1.04 bits per heavy atom. The lowest BCUT2D eigenvalue weighted by Gasteiger charge is -2.08. The first-order chi connectivity index (χ1) is 10.6. The second kappa shape index (κ2) is 6.16. The molecule has 0 atom stereocenters. The topological polar surface area (TPSA) is 51.2 Å². The quantitative estimate of drug-likeness (QED) is 0.797. The van der Waals surface area contributed by atoms with Crippen LogP contribution in [-0.4, -0.2) is 20.0 Å². The Morgan fingerprint density at radius 2 is 1.65 bits per heavy atom. The molecule has 0 fully saturated rings. The van der Waals surface area contributed by atoms with Crippen molar-refractivity contribution in [1.82, 2.24) is 0 Å².